The van der Waals surface area contributed by atoms with Gasteiger partial charge in [-0.25, -0.2) is 0 Å². The Bertz CT molecular complexity index is 301. The van der Waals surface area contributed by atoms with Crippen molar-refractivity contribution in [3.63, 3.8) is 0 Å². The van der Waals surface area contributed by atoms with Gasteiger partial charge < -0.3 is 4.74 Å². The van der Waals surface area contributed by atoms with Crippen molar-refractivity contribution >= 4 is 5.78 Å². The van der Waals surface area contributed by atoms with Crippen LogP contribution in [-0.2, 0) is 4.74 Å². The van der Waals surface area contributed by atoms with Crippen LogP contribution in [0.25, 0.3) is 0 Å². The van der Waals surface area contributed by atoms with Gasteiger partial charge in [0.05, 0.1) is 6.61 Å². The van der Waals surface area contributed by atoms with Crippen LogP contribution in [0, 0.1) is 0 Å². The molecule has 0 atom stereocenters. The van der Waals surface area contributed by atoms with E-state index in [9.17, 15) is 4.79 Å². The van der Waals surface area contributed by atoms with Crippen LogP contribution in [0.4, 0.5) is 0 Å². The molecule has 68 valence electrons. The van der Waals surface area contributed by atoms with E-state index in [1.807, 2.05) is 18.2 Å². The molecular formula is C11H12O2. The molecule has 2 heteroatoms. The van der Waals surface area contributed by atoms with Gasteiger partial charge >= 0.3 is 0 Å². The van der Waals surface area contributed by atoms with Crippen molar-refractivity contribution in [2.24, 2.45) is 0 Å². The van der Waals surface area contributed by atoms with Crippen molar-refractivity contribution in [2.45, 2.75) is 0 Å². The third kappa shape index (κ3) is 2.53. The molecule has 0 heterocycles. The Hall–Kier alpha value is -1.41. The average molecular weight is 176 g/mol. The lowest BCUT2D eigenvalue weighted by Gasteiger charge is -2.02. The normalized spacial score (nSPS) is 9.62. The highest BCUT2D eigenvalue weighted by Crippen LogP contribution is 2.06. The lowest BCUT2D eigenvalue weighted by molar-refractivity contribution is 0.101. The fraction of sp³-hybridized carbons (Fsp3) is 0.182. The molecule has 0 unspecified atom stereocenters. The Balaban J connectivity index is 2.74. The number of ether oxygens (including phenoxy) is 1. The van der Waals surface area contributed by atoms with E-state index in [-0.39, 0.29) is 12.4 Å². The van der Waals surface area contributed by atoms with Gasteiger partial charge in [0, 0.05) is 18.2 Å². The maximum Gasteiger partial charge on any atom is 0.190 e. The van der Waals surface area contributed by atoms with E-state index in [2.05, 4.69) is 6.58 Å². The maximum atomic E-state index is 11.6. The van der Waals surface area contributed by atoms with Crippen LogP contribution < -0.4 is 0 Å². The number of methoxy groups -OCH3 is 1. The first-order valence-corrected chi connectivity index (χ1v) is 4.02. The van der Waals surface area contributed by atoms with Crippen molar-refractivity contribution in [1.82, 2.24) is 0 Å². The summed E-state index contributed by atoms with van der Waals surface area (Å²) in [7, 11) is 1.55. The Morgan fingerprint density at radius 3 is 2.54 bits per heavy atom. The zero-order chi connectivity index (χ0) is 9.68. The predicted octanol–water partition coefficient (Wildman–Crippen LogP) is 2.07. The Kier molecular flexibility index (Phi) is 3.41. The summed E-state index contributed by atoms with van der Waals surface area (Å²) in [6.07, 6.45) is 0. The number of rotatable bonds is 4. The molecule has 1 aromatic rings. The van der Waals surface area contributed by atoms with E-state index >= 15 is 0 Å². The van der Waals surface area contributed by atoms with Crippen LogP contribution in [-0.4, -0.2) is 19.5 Å². The lowest BCUT2D eigenvalue weighted by atomic mass is 10.1. The summed E-state index contributed by atoms with van der Waals surface area (Å²) < 4.78 is 4.83. The molecule has 2 nitrogen and oxygen atoms in total. The molecule has 0 fully saturated rings. The van der Waals surface area contributed by atoms with Gasteiger partial charge in [-0.15, -0.1) is 0 Å². The fourth-order valence-electron chi connectivity index (χ4n) is 1.03. The molecule has 0 aliphatic heterocycles. The summed E-state index contributed by atoms with van der Waals surface area (Å²) in [5.74, 6) is -0.0533. The van der Waals surface area contributed by atoms with E-state index in [1.165, 1.54) is 0 Å². The molecule has 0 amide bonds. The molecule has 0 aliphatic rings. The second-order valence-corrected chi connectivity index (χ2v) is 2.73. The fourth-order valence-corrected chi connectivity index (χ4v) is 1.03. The molecule has 0 spiro atoms. The Labute approximate surface area is 77.8 Å². The molecule has 1 aromatic carbocycles. The topological polar surface area (TPSA) is 26.3 Å². The SMILES string of the molecule is C=C(COC)C(=O)c1ccccc1. The van der Waals surface area contributed by atoms with Gasteiger partial charge in [0.2, 0.25) is 0 Å². The molecular weight excluding hydrogens is 164 g/mol. The van der Waals surface area contributed by atoms with Gasteiger partial charge in [0.1, 0.15) is 0 Å². The van der Waals surface area contributed by atoms with E-state index in [0.717, 1.165) is 0 Å². The summed E-state index contributed by atoms with van der Waals surface area (Å²) in [4.78, 5) is 11.6. The number of carbonyl (C=O) groups excluding carboxylic acids is 1. The van der Waals surface area contributed by atoms with Crippen molar-refractivity contribution in [1.29, 1.82) is 0 Å². The average Bonchev–Trinajstić information content (AvgIpc) is 2.18. The summed E-state index contributed by atoms with van der Waals surface area (Å²) in [6, 6.07) is 9.06. The van der Waals surface area contributed by atoms with Crippen LogP contribution in [0.2, 0.25) is 0 Å². The van der Waals surface area contributed by atoms with E-state index < -0.39 is 0 Å². The highest BCUT2D eigenvalue weighted by molar-refractivity contribution is 6.08. The first-order valence-electron chi connectivity index (χ1n) is 4.02. The molecule has 0 saturated heterocycles. The number of carbonyl (C=O) groups is 1. The molecule has 1 rings (SSSR count). The summed E-state index contributed by atoms with van der Waals surface area (Å²) in [5.41, 5.74) is 1.14. The first-order chi connectivity index (χ1) is 6.25. The third-order valence-corrected chi connectivity index (χ3v) is 1.68. The molecule has 0 bridgehead atoms. The van der Waals surface area contributed by atoms with Crippen molar-refractivity contribution in [3.05, 3.63) is 48.0 Å². The van der Waals surface area contributed by atoms with Crippen molar-refractivity contribution in [2.75, 3.05) is 13.7 Å². The molecule has 0 saturated carbocycles. The number of ketones is 1. The number of hydrogen-bond donors (Lipinski definition) is 0. The monoisotopic (exact) mass is 176 g/mol. The second kappa shape index (κ2) is 4.58. The zero-order valence-electron chi connectivity index (χ0n) is 7.62. The summed E-state index contributed by atoms with van der Waals surface area (Å²) >= 11 is 0. The third-order valence-electron chi connectivity index (χ3n) is 1.68. The lowest BCUT2D eigenvalue weighted by Crippen LogP contribution is -2.06. The number of hydrogen-bond acceptors (Lipinski definition) is 2. The van der Waals surface area contributed by atoms with Gasteiger partial charge in [-0.05, 0) is 0 Å². The minimum Gasteiger partial charge on any atom is -0.380 e. The van der Waals surface area contributed by atoms with Crippen LogP contribution in [0.3, 0.4) is 0 Å². The van der Waals surface area contributed by atoms with Crippen LogP contribution in [0.15, 0.2) is 42.5 Å². The van der Waals surface area contributed by atoms with Gasteiger partial charge in [-0.1, -0.05) is 36.9 Å². The smallest absolute Gasteiger partial charge is 0.190 e. The van der Waals surface area contributed by atoms with Gasteiger partial charge in [0.15, 0.2) is 5.78 Å². The van der Waals surface area contributed by atoms with E-state index in [0.29, 0.717) is 11.1 Å². The predicted molar refractivity (Wildman–Crippen MR) is 51.8 cm³/mol. The van der Waals surface area contributed by atoms with Gasteiger partial charge in [-0.3, -0.25) is 4.79 Å². The Morgan fingerprint density at radius 2 is 2.00 bits per heavy atom. The van der Waals surface area contributed by atoms with Crippen molar-refractivity contribution < 1.29 is 9.53 Å². The van der Waals surface area contributed by atoms with Crippen LogP contribution >= 0.6 is 0 Å². The van der Waals surface area contributed by atoms with E-state index in [4.69, 9.17) is 4.74 Å². The molecule has 0 aromatic heterocycles. The number of Topliss-reactive ketones (excluding diaryl/α,β-unsaturated/α-hetero) is 1. The van der Waals surface area contributed by atoms with Crippen LogP contribution in [0.5, 0.6) is 0 Å². The highest BCUT2D eigenvalue weighted by Gasteiger charge is 2.08. The largest absolute Gasteiger partial charge is 0.380 e. The minimum atomic E-state index is -0.0533. The summed E-state index contributed by atoms with van der Waals surface area (Å²) in [6.45, 7) is 3.93. The number of benzene rings is 1. The molecule has 0 radical (unpaired) electrons. The zero-order valence-corrected chi connectivity index (χ0v) is 7.62. The van der Waals surface area contributed by atoms with Crippen LogP contribution in [0.1, 0.15) is 10.4 Å². The summed E-state index contributed by atoms with van der Waals surface area (Å²) in [5, 5.41) is 0. The highest BCUT2D eigenvalue weighted by atomic mass is 16.5. The Morgan fingerprint density at radius 1 is 1.38 bits per heavy atom. The van der Waals surface area contributed by atoms with Crippen molar-refractivity contribution in [3.8, 4) is 0 Å². The molecule has 0 N–H and O–H groups in total. The standard InChI is InChI=1S/C11H12O2/c1-9(8-13-2)11(12)10-6-4-3-5-7-10/h3-7H,1,8H2,2H3. The van der Waals surface area contributed by atoms with Gasteiger partial charge in [-0.2, -0.15) is 0 Å². The maximum absolute atomic E-state index is 11.6. The quantitative estimate of drug-likeness (QED) is 0.518. The first kappa shape index (κ1) is 9.68. The van der Waals surface area contributed by atoms with Gasteiger partial charge in [0.25, 0.3) is 0 Å². The molecule has 13 heavy (non-hydrogen) atoms. The molecule has 0 aliphatic carbocycles. The van der Waals surface area contributed by atoms with E-state index in [1.54, 1.807) is 19.2 Å². The second-order valence-electron chi connectivity index (χ2n) is 2.73. The minimum absolute atomic E-state index is 0.0533.